The van der Waals surface area contributed by atoms with Crippen LogP contribution < -0.4 is 5.73 Å². The van der Waals surface area contributed by atoms with Gasteiger partial charge in [-0.25, -0.2) is 9.67 Å². The largest absolute Gasteiger partial charge is 0.377 e. The van der Waals surface area contributed by atoms with Crippen LogP contribution in [0.25, 0.3) is 11.5 Å². The molecule has 27 heavy (non-hydrogen) atoms. The van der Waals surface area contributed by atoms with Crippen molar-refractivity contribution in [3.63, 3.8) is 0 Å². The molecule has 0 aromatic carbocycles. The maximum Gasteiger partial charge on any atom is 0.200 e. The summed E-state index contributed by atoms with van der Waals surface area (Å²) in [7, 11) is 0. The lowest BCUT2D eigenvalue weighted by Gasteiger charge is -2.33. The third kappa shape index (κ3) is 5.37. The molecule has 7 heteroatoms. The van der Waals surface area contributed by atoms with Crippen LogP contribution in [0.1, 0.15) is 51.3 Å². The minimum absolute atomic E-state index is 0. The van der Waals surface area contributed by atoms with Gasteiger partial charge in [0.2, 0.25) is 0 Å². The van der Waals surface area contributed by atoms with Gasteiger partial charge in [-0.15, -0.1) is 17.5 Å². The third-order valence-corrected chi connectivity index (χ3v) is 4.75. The van der Waals surface area contributed by atoms with E-state index in [1.807, 2.05) is 29.8 Å². The predicted octanol–water partition coefficient (Wildman–Crippen LogP) is 3.73. The zero-order valence-corrected chi connectivity index (χ0v) is 17.0. The standard InChI is InChI=1S/C20H29N5O.ClH/c1-4-11-26-18-9-8-15(12-16(18)21)20-23-19(17-7-5-6-10-22-17)24-25(20)13-14(2)3;/h5-7,10,15-16,18H,2,4,8-9,11-13,21H2,1,3H3;1H/t15-,16+,18+;/m0./s1. The highest BCUT2D eigenvalue weighted by atomic mass is 35.5. The molecule has 0 bridgehead atoms. The highest BCUT2D eigenvalue weighted by Gasteiger charge is 2.32. The summed E-state index contributed by atoms with van der Waals surface area (Å²) < 4.78 is 7.88. The molecule has 0 saturated heterocycles. The van der Waals surface area contributed by atoms with Crippen molar-refractivity contribution < 1.29 is 4.74 Å². The molecule has 2 N–H and O–H groups in total. The normalized spacial score (nSPS) is 22.3. The maximum absolute atomic E-state index is 6.40. The monoisotopic (exact) mass is 391 g/mol. The van der Waals surface area contributed by atoms with Crippen molar-refractivity contribution in [2.75, 3.05) is 6.61 Å². The molecule has 0 aliphatic heterocycles. The number of nitrogens with zero attached hydrogens (tertiary/aromatic N) is 4. The number of ether oxygens (including phenoxy) is 1. The Morgan fingerprint density at radius 1 is 1.37 bits per heavy atom. The zero-order valence-electron chi connectivity index (χ0n) is 16.2. The Morgan fingerprint density at radius 2 is 2.19 bits per heavy atom. The van der Waals surface area contributed by atoms with Crippen LogP contribution in [-0.4, -0.2) is 38.5 Å². The second-order valence-corrected chi connectivity index (χ2v) is 7.21. The van der Waals surface area contributed by atoms with E-state index in [1.54, 1.807) is 6.20 Å². The molecular formula is C20H30ClN5O. The number of halogens is 1. The van der Waals surface area contributed by atoms with Crippen molar-refractivity contribution >= 4 is 12.4 Å². The average molecular weight is 392 g/mol. The Morgan fingerprint density at radius 3 is 2.81 bits per heavy atom. The Balaban J connectivity index is 0.00000261. The van der Waals surface area contributed by atoms with Crippen LogP contribution >= 0.6 is 12.4 Å². The predicted molar refractivity (Wildman–Crippen MR) is 110 cm³/mol. The fourth-order valence-electron chi connectivity index (χ4n) is 3.52. The SMILES string of the molecule is C=C(C)Cn1nc(-c2ccccn2)nc1[C@H]1CC[C@@H](OCCC)[C@H](N)C1.Cl. The second kappa shape index (κ2) is 9.97. The molecular weight excluding hydrogens is 362 g/mol. The fraction of sp³-hybridized carbons (Fsp3) is 0.550. The molecule has 2 aromatic rings. The lowest BCUT2D eigenvalue weighted by molar-refractivity contribution is 0.0107. The summed E-state index contributed by atoms with van der Waals surface area (Å²) in [5, 5.41) is 4.70. The number of nitrogens with two attached hydrogens (primary N) is 1. The Labute approximate surface area is 167 Å². The van der Waals surface area contributed by atoms with Gasteiger partial charge in [-0.05, 0) is 44.7 Å². The summed E-state index contributed by atoms with van der Waals surface area (Å²) in [6.45, 7) is 9.60. The van der Waals surface area contributed by atoms with Crippen LogP contribution in [0.2, 0.25) is 0 Å². The van der Waals surface area contributed by atoms with Gasteiger partial charge in [0, 0.05) is 24.8 Å². The molecule has 3 atom stereocenters. The van der Waals surface area contributed by atoms with Crippen molar-refractivity contribution in [3.8, 4) is 11.5 Å². The lowest BCUT2D eigenvalue weighted by atomic mass is 9.83. The average Bonchev–Trinajstić information content (AvgIpc) is 3.04. The van der Waals surface area contributed by atoms with Crippen LogP contribution in [0, 0.1) is 0 Å². The van der Waals surface area contributed by atoms with Crippen molar-refractivity contribution in [3.05, 3.63) is 42.4 Å². The summed E-state index contributed by atoms with van der Waals surface area (Å²) in [5.74, 6) is 1.94. The highest BCUT2D eigenvalue weighted by Crippen LogP contribution is 2.33. The molecule has 2 aromatic heterocycles. The lowest BCUT2D eigenvalue weighted by Crippen LogP contribution is -2.42. The van der Waals surface area contributed by atoms with E-state index in [1.165, 1.54) is 0 Å². The van der Waals surface area contributed by atoms with Gasteiger partial charge >= 0.3 is 0 Å². The summed E-state index contributed by atoms with van der Waals surface area (Å²) in [4.78, 5) is 9.21. The first-order chi connectivity index (χ1) is 12.6. The van der Waals surface area contributed by atoms with Crippen LogP contribution in [0.3, 0.4) is 0 Å². The highest BCUT2D eigenvalue weighted by molar-refractivity contribution is 5.85. The van der Waals surface area contributed by atoms with Crippen LogP contribution in [0.15, 0.2) is 36.5 Å². The van der Waals surface area contributed by atoms with Crippen molar-refractivity contribution in [1.29, 1.82) is 0 Å². The molecule has 0 spiro atoms. The Bertz CT molecular complexity index is 733. The van der Waals surface area contributed by atoms with Crippen LogP contribution in [-0.2, 0) is 11.3 Å². The molecule has 3 rings (SSSR count). The molecule has 0 unspecified atom stereocenters. The second-order valence-electron chi connectivity index (χ2n) is 7.21. The molecule has 0 amide bonds. The van der Waals surface area contributed by atoms with E-state index in [-0.39, 0.29) is 30.5 Å². The van der Waals surface area contributed by atoms with E-state index in [0.717, 1.165) is 49.4 Å². The summed E-state index contributed by atoms with van der Waals surface area (Å²) in [5.41, 5.74) is 8.24. The minimum atomic E-state index is 0. The van der Waals surface area contributed by atoms with E-state index in [4.69, 9.17) is 20.6 Å². The molecule has 0 radical (unpaired) electrons. The summed E-state index contributed by atoms with van der Waals surface area (Å²) in [6, 6.07) is 5.82. The number of hydrogen-bond donors (Lipinski definition) is 1. The van der Waals surface area contributed by atoms with Gasteiger partial charge in [-0.1, -0.05) is 25.1 Å². The molecule has 2 heterocycles. The maximum atomic E-state index is 6.40. The van der Waals surface area contributed by atoms with E-state index in [2.05, 4.69) is 18.5 Å². The van der Waals surface area contributed by atoms with E-state index in [0.29, 0.717) is 12.4 Å². The van der Waals surface area contributed by atoms with Gasteiger partial charge in [0.05, 0.1) is 12.6 Å². The van der Waals surface area contributed by atoms with Crippen molar-refractivity contribution in [2.45, 2.75) is 64.1 Å². The van der Waals surface area contributed by atoms with Gasteiger partial charge < -0.3 is 10.5 Å². The van der Waals surface area contributed by atoms with Gasteiger partial charge in [0.25, 0.3) is 0 Å². The van der Waals surface area contributed by atoms with E-state index >= 15 is 0 Å². The van der Waals surface area contributed by atoms with Gasteiger partial charge in [0.1, 0.15) is 11.5 Å². The van der Waals surface area contributed by atoms with E-state index in [9.17, 15) is 0 Å². The number of aromatic nitrogens is 4. The van der Waals surface area contributed by atoms with Crippen LogP contribution in [0.4, 0.5) is 0 Å². The first kappa shape index (κ1) is 21.5. The Hall–Kier alpha value is -1.76. The smallest absolute Gasteiger partial charge is 0.200 e. The van der Waals surface area contributed by atoms with Crippen LogP contribution in [0.5, 0.6) is 0 Å². The summed E-state index contributed by atoms with van der Waals surface area (Å²) >= 11 is 0. The number of pyridine rings is 1. The quantitative estimate of drug-likeness (QED) is 0.727. The Kier molecular flexibility index (Phi) is 7.95. The third-order valence-electron chi connectivity index (χ3n) is 4.75. The van der Waals surface area contributed by atoms with Gasteiger partial charge in [0.15, 0.2) is 5.82 Å². The van der Waals surface area contributed by atoms with Gasteiger partial charge in [-0.3, -0.25) is 4.98 Å². The van der Waals surface area contributed by atoms with Crippen molar-refractivity contribution in [2.24, 2.45) is 5.73 Å². The first-order valence-corrected chi connectivity index (χ1v) is 9.46. The first-order valence-electron chi connectivity index (χ1n) is 9.46. The fourth-order valence-corrected chi connectivity index (χ4v) is 3.52. The number of allylic oxidation sites excluding steroid dienone is 1. The van der Waals surface area contributed by atoms with E-state index < -0.39 is 0 Å². The number of hydrogen-bond acceptors (Lipinski definition) is 5. The zero-order chi connectivity index (χ0) is 18.5. The summed E-state index contributed by atoms with van der Waals surface area (Å²) in [6.07, 6.45) is 5.78. The van der Waals surface area contributed by atoms with Gasteiger partial charge in [-0.2, -0.15) is 0 Å². The minimum Gasteiger partial charge on any atom is -0.377 e. The molecule has 6 nitrogen and oxygen atoms in total. The topological polar surface area (TPSA) is 78.8 Å². The molecule has 1 saturated carbocycles. The number of rotatable bonds is 7. The molecule has 1 fully saturated rings. The molecule has 1 aliphatic rings. The molecule has 148 valence electrons. The molecule has 1 aliphatic carbocycles. The van der Waals surface area contributed by atoms with Crippen molar-refractivity contribution in [1.82, 2.24) is 19.7 Å².